The second kappa shape index (κ2) is 6.76. The second-order valence-electron chi connectivity index (χ2n) is 5.23. The Labute approximate surface area is 125 Å². The lowest BCUT2D eigenvalue weighted by Gasteiger charge is -2.08. The van der Waals surface area contributed by atoms with Crippen LogP contribution in [0.25, 0.3) is 0 Å². The Morgan fingerprint density at radius 1 is 0.952 bits per heavy atom. The van der Waals surface area contributed by atoms with E-state index in [9.17, 15) is 8.42 Å². The number of rotatable bonds is 6. The Hall–Kier alpha value is -1.82. The molecule has 0 saturated heterocycles. The van der Waals surface area contributed by atoms with Gasteiger partial charge in [-0.05, 0) is 31.4 Å². The van der Waals surface area contributed by atoms with Gasteiger partial charge in [-0.2, -0.15) is 0 Å². The standard InChI is InChI=1S/C15H19N3O2S/c1-12(2)21(19,20)9-14-5-3-13(4-6-14)7-8-15-17-10-16-11-18-15/h3-6,10-12H,7-9H2,1-2H3. The first-order valence-electron chi connectivity index (χ1n) is 6.87. The summed E-state index contributed by atoms with van der Waals surface area (Å²) in [6, 6.07) is 7.68. The summed E-state index contributed by atoms with van der Waals surface area (Å²) in [6.07, 6.45) is 4.54. The molecule has 0 N–H and O–H groups in total. The number of nitrogens with zero attached hydrogens (tertiary/aromatic N) is 3. The van der Waals surface area contributed by atoms with Gasteiger partial charge < -0.3 is 0 Å². The van der Waals surface area contributed by atoms with Crippen LogP contribution in [-0.2, 0) is 28.4 Å². The van der Waals surface area contributed by atoms with Gasteiger partial charge in [-0.1, -0.05) is 24.3 Å². The predicted molar refractivity (Wildman–Crippen MR) is 81.4 cm³/mol. The molecule has 5 nitrogen and oxygen atoms in total. The van der Waals surface area contributed by atoms with Crippen molar-refractivity contribution >= 4 is 9.84 Å². The van der Waals surface area contributed by atoms with Crippen LogP contribution >= 0.6 is 0 Å². The molecule has 1 heterocycles. The summed E-state index contributed by atoms with van der Waals surface area (Å²) < 4.78 is 23.7. The van der Waals surface area contributed by atoms with Crippen molar-refractivity contribution in [1.82, 2.24) is 15.0 Å². The highest BCUT2D eigenvalue weighted by Gasteiger charge is 2.16. The lowest BCUT2D eigenvalue weighted by molar-refractivity contribution is 0.586. The van der Waals surface area contributed by atoms with Gasteiger partial charge in [-0.3, -0.25) is 0 Å². The highest BCUT2D eigenvalue weighted by molar-refractivity contribution is 7.91. The van der Waals surface area contributed by atoms with Gasteiger partial charge in [0.15, 0.2) is 9.84 Å². The number of sulfone groups is 1. The first-order valence-corrected chi connectivity index (χ1v) is 8.59. The second-order valence-corrected chi connectivity index (χ2v) is 7.78. The lowest BCUT2D eigenvalue weighted by atomic mass is 10.1. The first-order chi connectivity index (χ1) is 9.97. The molecule has 0 aliphatic carbocycles. The summed E-state index contributed by atoms with van der Waals surface area (Å²) >= 11 is 0. The number of hydrogen-bond acceptors (Lipinski definition) is 5. The maximum absolute atomic E-state index is 11.9. The molecule has 0 saturated carbocycles. The van der Waals surface area contributed by atoms with E-state index in [1.165, 1.54) is 12.7 Å². The minimum atomic E-state index is -3.05. The predicted octanol–water partition coefficient (Wildman–Crippen LogP) is 1.98. The van der Waals surface area contributed by atoms with E-state index in [2.05, 4.69) is 15.0 Å². The molecule has 2 rings (SSSR count). The fourth-order valence-electron chi connectivity index (χ4n) is 1.85. The summed E-state index contributed by atoms with van der Waals surface area (Å²) in [6.45, 7) is 3.41. The smallest absolute Gasteiger partial charge is 0.156 e. The van der Waals surface area contributed by atoms with Crippen LogP contribution in [0.4, 0.5) is 0 Å². The lowest BCUT2D eigenvalue weighted by Crippen LogP contribution is -2.15. The molecule has 0 spiro atoms. The monoisotopic (exact) mass is 305 g/mol. The van der Waals surface area contributed by atoms with Gasteiger partial charge in [0.2, 0.25) is 0 Å². The van der Waals surface area contributed by atoms with Crippen molar-refractivity contribution in [1.29, 1.82) is 0 Å². The van der Waals surface area contributed by atoms with Gasteiger partial charge in [0.25, 0.3) is 0 Å². The van der Waals surface area contributed by atoms with Crippen molar-refractivity contribution in [3.63, 3.8) is 0 Å². The van der Waals surface area contributed by atoms with E-state index in [1.54, 1.807) is 13.8 Å². The van der Waals surface area contributed by atoms with Gasteiger partial charge in [0.05, 0.1) is 11.0 Å². The van der Waals surface area contributed by atoms with Crippen molar-refractivity contribution in [3.05, 3.63) is 53.9 Å². The zero-order valence-electron chi connectivity index (χ0n) is 12.2. The number of aromatic nitrogens is 3. The molecule has 0 aliphatic rings. The van der Waals surface area contributed by atoms with Crippen molar-refractivity contribution in [2.75, 3.05) is 0 Å². The molecule has 0 atom stereocenters. The van der Waals surface area contributed by atoms with Gasteiger partial charge in [0.1, 0.15) is 18.5 Å². The molecule has 0 bridgehead atoms. The summed E-state index contributed by atoms with van der Waals surface area (Å²) in [7, 11) is -3.05. The minimum Gasteiger partial charge on any atom is -0.228 e. The van der Waals surface area contributed by atoms with E-state index in [0.29, 0.717) is 0 Å². The van der Waals surface area contributed by atoms with Crippen molar-refractivity contribution in [3.8, 4) is 0 Å². The Bertz CT molecular complexity index is 668. The molecule has 112 valence electrons. The van der Waals surface area contributed by atoms with Crippen molar-refractivity contribution in [2.45, 2.75) is 37.7 Å². The molecule has 0 unspecified atom stereocenters. The molecule has 21 heavy (non-hydrogen) atoms. The highest BCUT2D eigenvalue weighted by Crippen LogP contribution is 2.13. The first kappa shape index (κ1) is 15.6. The molecule has 0 fully saturated rings. The van der Waals surface area contributed by atoms with Crippen LogP contribution in [0, 0.1) is 0 Å². The van der Waals surface area contributed by atoms with Crippen LogP contribution in [0.3, 0.4) is 0 Å². The summed E-state index contributed by atoms with van der Waals surface area (Å²) in [5.41, 5.74) is 1.97. The SMILES string of the molecule is CC(C)S(=O)(=O)Cc1ccc(CCc2ncncn2)cc1. The third-order valence-corrected chi connectivity index (χ3v) is 5.47. The molecule has 1 aromatic heterocycles. The van der Waals surface area contributed by atoms with Gasteiger partial charge in [-0.25, -0.2) is 23.4 Å². The number of benzene rings is 1. The maximum Gasteiger partial charge on any atom is 0.156 e. The third kappa shape index (κ3) is 4.60. The zero-order chi connectivity index (χ0) is 15.3. The molecule has 0 amide bonds. The molecular weight excluding hydrogens is 286 g/mol. The Balaban J connectivity index is 1.96. The molecule has 2 aromatic rings. The van der Waals surface area contributed by atoms with Crippen LogP contribution in [0.15, 0.2) is 36.9 Å². The maximum atomic E-state index is 11.9. The average Bonchev–Trinajstić information content (AvgIpc) is 2.47. The van der Waals surface area contributed by atoms with Crippen LogP contribution in [0.1, 0.15) is 30.8 Å². The minimum absolute atomic E-state index is 0.0956. The highest BCUT2D eigenvalue weighted by atomic mass is 32.2. The zero-order valence-corrected chi connectivity index (χ0v) is 13.0. The number of hydrogen-bond donors (Lipinski definition) is 0. The molecule has 6 heteroatoms. The number of aryl methyl sites for hydroxylation is 2. The van der Waals surface area contributed by atoms with E-state index in [1.807, 2.05) is 24.3 Å². The third-order valence-electron chi connectivity index (χ3n) is 3.29. The van der Waals surface area contributed by atoms with Crippen molar-refractivity contribution in [2.24, 2.45) is 0 Å². The molecule has 1 aromatic carbocycles. The topological polar surface area (TPSA) is 72.8 Å². The largest absolute Gasteiger partial charge is 0.228 e. The van der Waals surface area contributed by atoms with Crippen LogP contribution in [0.5, 0.6) is 0 Å². The van der Waals surface area contributed by atoms with E-state index >= 15 is 0 Å². The van der Waals surface area contributed by atoms with Gasteiger partial charge >= 0.3 is 0 Å². The average molecular weight is 305 g/mol. The Morgan fingerprint density at radius 2 is 1.52 bits per heavy atom. The molecular formula is C15H19N3O2S. The normalized spacial score (nSPS) is 11.8. The van der Waals surface area contributed by atoms with E-state index in [-0.39, 0.29) is 11.0 Å². The Kier molecular flexibility index (Phi) is 5.01. The van der Waals surface area contributed by atoms with Crippen LogP contribution in [0.2, 0.25) is 0 Å². The summed E-state index contributed by atoms with van der Waals surface area (Å²) in [5.74, 6) is 0.856. The van der Waals surface area contributed by atoms with E-state index in [4.69, 9.17) is 0 Å². The summed E-state index contributed by atoms with van der Waals surface area (Å²) in [5, 5.41) is -0.346. The quantitative estimate of drug-likeness (QED) is 0.816. The van der Waals surface area contributed by atoms with E-state index < -0.39 is 9.84 Å². The van der Waals surface area contributed by atoms with Gasteiger partial charge in [0, 0.05) is 6.42 Å². The van der Waals surface area contributed by atoms with Crippen molar-refractivity contribution < 1.29 is 8.42 Å². The Morgan fingerprint density at radius 3 is 2.10 bits per heavy atom. The fourth-order valence-corrected chi connectivity index (χ4v) is 2.84. The summed E-state index contributed by atoms with van der Waals surface area (Å²) in [4.78, 5) is 11.9. The molecule has 0 aliphatic heterocycles. The van der Waals surface area contributed by atoms with Crippen LogP contribution < -0.4 is 0 Å². The molecule has 0 radical (unpaired) electrons. The van der Waals surface area contributed by atoms with Gasteiger partial charge in [-0.15, -0.1) is 0 Å². The fraction of sp³-hybridized carbons (Fsp3) is 0.400. The van der Waals surface area contributed by atoms with Crippen LogP contribution in [-0.4, -0.2) is 28.6 Å². The van der Waals surface area contributed by atoms with E-state index in [0.717, 1.165) is 29.8 Å².